The van der Waals surface area contributed by atoms with Gasteiger partial charge in [0.25, 0.3) is 5.89 Å². The zero-order valence-electron chi connectivity index (χ0n) is 13.6. The van der Waals surface area contributed by atoms with Crippen LogP contribution in [0.1, 0.15) is 50.0 Å². The van der Waals surface area contributed by atoms with E-state index in [9.17, 15) is 0 Å². The number of rotatable bonds is 3. The molecule has 4 heterocycles. The third-order valence-electron chi connectivity index (χ3n) is 4.81. The molecule has 2 aromatic rings. The Hall–Kier alpha value is -1.73. The quantitative estimate of drug-likeness (QED) is 0.865. The molecule has 0 amide bonds. The maximum atomic E-state index is 5.81. The van der Waals surface area contributed by atoms with Crippen molar-refractivity contribution in [3.63, 3.8) is 0 Å². The summed E-state index contributed by atoms with van der Waals surface area (Å²) in [6.45, 7) is 4.33. The molecule has 2 aliphatic rings. The zero-order chi connectivity index (χ0) is 15.9. The Morgan fingerprint density at radius 1 is 1.26 bits per heavy atom. The third kappa shape index (κ3) is 2.68. The lowest BCUT2D eigenvalue weighted by Gasteiger charge is -2.20. The molecule has 2 fully saturated rings. The van der Waals surface area contributed by atoms with Crippen LogP contribution in [-0.2, 0) is 22.1 Å². The first-order valence-corrected chi connectivity index (χ1v) is 8.25. The standard InChI is InChI=1S/C16H22N4O3/c1-16(6-3-7-22-16)15-17-14(23-19-15)12-10-20(2)18-13(12)11-4-8-21-9-5-11/h10-11H,3-9H2,1-2H3. The van der Waals surface area contributed by atoms with Gasteiger partial charge in [0.2, 0.25) is 5.82 Å². The van der Waals surface area contributed by atoms with E-state index in [0.29, 0.717) is 17.6 Å². The first-order chi connectivity index (χ1) is 11.2. The van der Waals surface area contributed by atoms with E-state index < -0.39 is 5.60 Å². The van der Waals surface area contributed by atoms with Crippen LogP contribution in [0.2, 0.25) is 0 Å². The van der Waals surface area contributed by atoms with Crippen molar-refractivity contribution < 1.29 is 14.0 Å². The highest BCUT2D eigenvalue weighted by Crippen LogP contribution is 2.37. The van der Waals surface area contributed by atoms with Crippen molar-refractivity contribution in [2.45, 2.75) is 44.1 Å². The summed E-state index contributed by atoms with van der Waals surface area (Å²) in [4.78, 5) is 4.62. The molecule has 7 nitrogen and oxygen atoms in total. The van der Waals surface area contributed by atoms with Crippen molar-refractivity contribution in [3.8, 4) is 11.5 Å². The van der Waals surface area contributed by atoms with Crippen LogP contribution in [0.4, 0.5) is 0 Å². The van der Waals surface area contributed by atoms with E-state index >= 15 is 0 Å². The molecule has 2 aromatic heterocycles. The summed E-state index contributed by atoms with van der Waals surface area (Å²) in [6, 6.07) is 0. The molecule has 1 unspecified atom stereocenters. The smallest absolute Gasteiger partial charge is 0.261 e. The summed E-state index contributed by atoms with van der Waals surface area (Å²) in [5.41, 5.74) is 1.53. The van der Waals surface area contributed by atoms with Crippen molar-refractivity contribution in [1.29, 1.82) is 0 Å². The number of hydrogen-bond donors (Lipinski definition) is 0. The van der Waals surface area contributed by atoms with E-state index in [0.717, 1.165) is 56.8 Å². The van der Waals surface area contributed by atoms with Gasteiger partial charge in [0.15, 0.2) is 0 Å². The van der Waals surface area contributed by atoms with Gasteiger partial charge in [0, 0.05) is 39.0 Å². The minimum atomic E-state index is -0.428. The van der Waals surface area contributed by atoms with Gasteiger partial charge in [-0.1, -0.05) is 5.16 Å². The molecule has 0 N–H and O–H groups in total. The molecule has 23 heavy (non-hydrogen) atoms. The molecule has 4 rings (SSSR count). The van der Waals surface area contributed by atoms with Crippen molar-refractivity contribution in [1.82, 2.24) is 19.9 Å². The highest BCUT2D eigenvalue weighted by molar-refractivity contribution is 5.56. The van der Waals surface area contributed by atoms with Crippen LogP contribution in [0.15, 0.2) is 10.7 Å². The largest absolute Gasteiger partial charge is 0.381 e. The molecule has 2 aliphatic heterocycles. The maximum absolute atomic E-state index is 5.81. The Bertz CT molecular complexity index is 681. The molecular weight excluding hydrogens is 296 g/mol. The Balaban J connectivity index is 1.67. The van der Waals surface area contributed by atoms with Crippen LogP contribution >= 0.6 is 0 Å². The fraction of sp³-hybridized carbons (Fsp3) is 0.688. The maximum Gasteiger partial charge on any atom is 0.261 e. The van der Waals surface area contributed by atoms with Crippen LogP contribution in [0.25, 0.3) is 11.5 Å². The van der Waals surface area contributed by atoms with E-state index in [1.165, 1.54) is 0 Å². The van der Waals surface area contributed by atoms with Crippen molar-refractivity contribution in [2.24, 2.45) is 7.05 Å². The van der Waals surface area contributed by atoms with Gasteiger partial charge in [-0.05, 0) is 32.6 Å². The molecule has 0 radical (unpaired) electrons. The number of ether oxygens (including phenoxy) is 2. The second kappa shape index (κ2) is 5.72. The van der Waals surface area contributed by atoms with Gasteiger partial charge in [-0.25, -0.2) is 0 Å². The van der Waals surface area contributed by atoms with Gasteiger partial charge in [-0.15, -0.1) is 0 Å². The molecule has 7 heteroatoms. The summed E-state index contributed by atoms with van der Waals surface area (Å²) in [6.07, 6.45) is 5.87. The summed E-state index contributed by atoms with van der Waals surface area (Å²) < 4.78 is 18.6. The second-order valence-electron chi connectivity index (χ2n) is 6.59. The molecule has 2 saturated heterocycles. The normalized spacial score (nSPS) is 26.0. The predicted molar refractivity (Wildman–Crippen MR) is 81.8 cm³/mol. The molecule has 0 aromatic carbocycles. The molecule has 0 aliphatic carbocycles. The van der Waals surface area contributed by atoms with Gasteiger partial charge in [-0.2, -0.15) is 10.1 Å². The van der Waals surface area contributed by atoms with Crippen LogP contribution in [0.3, 0.4) is 0 Å². The van der Waals surface area contributed by atoms with E-state index in [1.807, 2.05) is 24.9 Å². The molecule has 1 atom stereocenters. The fourth-order valence-electron chi connectivity index (χ4n) is 3.45. The Labute approximate surface area is 135 Å². The van der Waals surface area contributed by atoms with Crippen LogP contribution in [0.5, 0.6) is 0 Å². The minimum Gasteiger partial charge on any atom is -0.381 e. The van der Waals surface area contributed by atoms with Crippen molar-refractivity contribution >= 4 is 0 Å². The first-order valence-electron chi connectivity index (χ1n) is 8.25. The van der Waals surface area contributed by atoms with E-state index in [2.05, 4.69) is 15.2 Å². The highest BCUT2D eigenvalue weighted by atomic mass is 16.5. The Morgan fingerprint density at radius 3 is 2.83 bits per heavy atom. The second-order valence-corrected chi connectivity index (χ2v) is 6.59. The molecular formula is C16H22N4O3. The third-order valence-corrected chi connectivity index (χ3v) is 4.81. The zero-order valence-corrected chi connectivity index (χ0v) is 13.6. The summed E-state index contributed by atoms with van der Waals surface area (Å²) in [5, 5.41) is 8.81. The fourth-order valence-corrected chi connectivity index (χ4v) is 3.45. The summed E-state index contributed by atoms with van der Waals surface area (Å²) >= 11 is 0. The Morgan fingerprint density at radius 2 is 2.09 bits per heavy atom. The average Bonchev–Trinajstić information content (AvgIpc) is 3.27. The van der Waals surface area contributed by atoms with Gasteiger partial charge in [0.1, 0.15) is 5.60 Å². The highest BCUT2D eigenvalue weighted by Gasteiger charge is 2.37. The van der Waals surface area contributed by atoms with Crippen LogP contribution < -0.4 is 0 Å². The summed E-state index contributed by atoms with van der Waals surface area (Å²) in [7, 11) is 1.92. The lowest BCUT2D eigenvalue weighted by atomic mass is 9.94. The van der Waals surface area contributed by atoms with Crippen molar-refractivity contribution in [2.75, 3.05) is 19.8 Å². The number of hydrogen-bond acceptors (Lipinski definition) is 6. The van der Waals surface area contributed by atoms with Gasteiger partial charge < -0.3 is 14.0 Å². The van der Waals surface area contributed by atoms with Gasteiger partial charge in [-0.3, -0.25) is 4.68 Å². The Kier molecular flexibility index (Phi) is 3.69. The SMILES string of the molecule is Cn1cc(-c2nc(C3(C)CCCO3)no2)c(C2CCOCC2)n1. The lowest BCUT2D eigenvalue weighted by Crippen LogP contribution is -2.21. The van der Waals surface area contributed by atoms with E-state index in [4.69, 9.17) is 14.0 Å². The van der Waals surface area contributed by atoms with E-state index in [-0.39, 0.29) is 0 Å². The monoisotopic (exact) mass is 318 g/mol. The number of nitrogens with zero attached hydrogens (tertiary/aromatic N) is 4. The number of aromatic nitrogens is 4. The summed E-state index contributed by atoms with van der Waals surface area (Å²) in [5.74, 6) is 1.55. The predicted octanol–water partition coefficient (Wildman–Crippen LogP) is 2.39. The van der Waals surface area contributed by atoms with Crippen molar-refractivity contribution in [3.05, 3.63) is 17.7 Å². The molecule has 124 valence electrons. The average molecular weight is 318 g/mol. The van der Waals surface area contributed by atoms with Gasteiger partial charge >= 0.3 is 0 Å². The van der Waals surface area contributed by atoms with Gasteiger partial charge in [0.05, 0.1) is 11.3 Å². The molecule has 0 saturated carbocycles. The van der Waals surface area contributed by atoms with Crippen LogP contribution in [0, 0.1) is 0 Å². The minimum absolute atomic E-state index is 0.383. The lowest BCUT2D eigenvalue weighted by molar-refractivity contribution is 0.00768. The van der Waals surface area contributed by atoms with Crippen LogP contribution in [-0.4, -0.2) is 39.7 Å². The van der Waals surface area contributed by atoms with E-state index in [1.54, 1.807) is 0 Å². The molecule has 0 bridgehead atoms. The number of aryl methyl sites for hydroxylation is 1. The molecule has 0 spiro atoms. The first kappa shape index (κ1) is 14.8. The topological polar surface area (TPSA) is 75.2 Å².